The molecule has 9 heteroatoms. The summed E-state index contributed by atoms with van der Waals surface area (Å²) in [5, 5.41) is 3.89. The third-order valence-electron chi connectivity index (χ3n) is 3.89. The van der Waals surface area contributed by atoms with E-state index in [0.29, 0.717) is 11.1 Å². The fourth-order valence-corrected chi connectivity index (χ4v) is 3.74. The standard InChI is InChI=1S/C21H17ClN2O5S/c1-28-19-13-15(14-23-24-21(25)16-8-4-2-5-9-16)12-18(22)20(19)29-30(26,27)17-10-6-3-7-11-17/h2-14H,1H3,(H,24,25). The third-order valence-corrected chi connectivity index (χ3v) is 5.41. The molecule has 0 unspecified atom stereocenters. The van der Waals surface area contributed by atoms with Crippen molar-refractivity contribution in [1.82, 2.24) is 5.43 Å². The van der Waals surface area contributed by atoms with Gasteiger partial charge < -0.3 is 8.92 Å². The first kappa shape index (κ1) is 21.4. The van der Waals surface area contributed by atoms with Crippen molar-refractivity contribution in [2.75, 3.05) is 7.11 Å². The van der Waals surface area contributed by atoms with E-state index < -0.39 is 10.1 Å². The van der Waals surface area contributed by atoms with Gasteiger partial charge in [0.1, 0.15) is 4.90 Å². The molecule has 0 saturated carbocycles. The normalized spacial score (nSPS) is 11.3. The molecule has 3 rings (SSSR count). The molecule has 3 aromatic carbocycles. The molecule has 1 N–H and O–H groups in total. The molecule has 0 radical (unpaired) electrons. The number of carbonyl (C=O) groups is 1. The van der Waals surface area contributed by atoms with Crippen molar-refractivity contribution in [3.8, 4) is 11.5 Å². The van der Waals surface area contributed by atoms with Crippen molar-refractivity contribution in [2.45, 2.75) is 4.90 Å². The second kappa shape index (κ2) is 9.43. The van der Waals surface area contributed by atoms with Gasteiger partial charge in [0.15, 0.2) is 5.75 Å². The van der Waals surface area contributed by atoms with E-state index in [9.17, 15) is 13.2 Å². The number of nitrogens with one attached hydrogen (secondary N) is 1. The highest BCUT2D eigenvalue weighted by atomic mass is 35.5. The lowest BCUT2D eigenvalue weighted by Gasteiger charge is -2.13. The lowest BCUT2D eigenvalue weighted by molar-refractivity contribution is 0.0955. The van der Waals surface area contributed by atoms with Gasteiger partial charge in [-0.3, -0.25) is 4.79 Å². The van der Waals surface area contributed by atoms with Gasteiger partial charge in [-0.05, 0) is 42.0 Å². The maximum Gasteiger partial charge on any atom is 0.339 e. The summed E-state index contributed by atoms with van der Waals surface area (Å²) < 4.78 is 35.4. The molecule has 0 aliphatic carbocycles. The van der Waals surface area contributed by atoms with Gasteiger partial charge in [0, 0.05) is 5.56 Å². The quantitative estimate of drug-likeness (QED) is 0.339. The second-order valence-electron chi connectivity index (χ2n) is 5.95. The summed E-state index contributed by atoms with van der Waals surface area (Å²) in [4.78, 5) is 12.0. The predicted octanol–water partition coefficient (Wildman–Crippen LogP) is 3.88. The zero-order valence-electron chi connectivity index (χ0n) is 15.8. The summed E-state index contributed by atoms with van der Waals surface area (Å²) in [6, 6.07) is 19.2. The number of hydrogen-bond acceptors (Lipinski definition) is 6. The van der Waals surface area contributed by atoms with E-state index in [2.05, 4.69) is 10.5 Å². The Morgan fingerprint density at radius 3 is 2.30 bits per heavy atom. The number of methoxy groups -OCH3 is 1. The van der Waals surface area contributed by atoms with Crippen LogP contribution in [0.2, 0.25) is 5.02 Å². The third kappa shape index (κ3) is 5.16. The Hall–Kier alpha value is -3.36. The fourth-order valence-electron chi connectivity index (χ4n) is 2.46. The Bertz CT molecular complexity index is 1170. The molecule has 0 spiro atoms. The van der Waals surface area contributed by atoms with Gasteiger partial charge in [0.2, 0.25) is 5.75 Å². The van der Waals surface area contributed by atoms with E-state index in [1.54, 1.807) is 48.5 Å². The number of ether oxygens (including phenoxy) is 1. The summed E-state index contributed by atoms with van der Waals surface area (Å²) in [5.41, 5.74) is 3.32. The first-order valence-corrected chi connectivity index (χ1v) is 10.4. The van der Waals surface area contributed by atoms with Crippen molar-refractivity contribution in [3.63, 3.8) is 0 Å². The van der Waals surface area contributed by atoms with E-state index in [1.165, 1.54) is 37.6 Å². The molecule has 154 valence electrons. The van der Waals surface area contributed by atoms with E-state index in [0.717, 1.165) is 0 Å². The van der Waals surface area contributed by atoms with Gasteiger partial charge in [-0.2, -0.15) is 13.5 Å². The van der Waals surface area contributed by atoms with Crippen LogP contribution < -0.4 is 14.3 Å². The topological polar surface area (TPSA) is 94.1 Å². The lowest BCUT2D eigenvalue weighted by Crippen LogP contribution is -2.17. The predicted molar refractivity (Wildman–Crippen MR) is 114 cm³/mol. The van der Waals surface area contributed by atoms with Crippen molar-refractivity contribution < 1.29 is 22.1 Å². The van der Waals surface area contributed by atoms with Crippen molar-refractivity contribution in [2.24, 2.45) is 5.10 Å². The Morgan fingerprint density at radius 2 is 1.67 bits per heavy atom. The summed E-state index contributed by atoms with van der Waals surface area (Å²) in [6.07, 6.45) is 1.35. The van der Waals surface area contributed by atoms with Crippen LogP contribution in [-0.2, 0) is 10.1 Å². The van der Waals surface area contributed by atoms with Gasteiger partial charge >= 0.3 is 10.1 Å². The highest BCUT2D eigenvalue weighted by molar-refractivity contribution is 7.87. The van der Waals surface area contributed by atoms with Crippen molar-refractivity contribution in [3.05, 3.63) is 88.9 Å². The van der Waals surface area contributed by atoms with Crippen LogP contribution in [0.1, 0.15) is 15.9 Å². The van der Waals surface area contributed by atoms with Gasteiger partial charge in [0.25, 0.3) is 5.91 Å². The van der Waals surface area contributed by atoms with Gasteiger partial charge in [-0.1, -0.05) is 48.0 Å². The molecule has 0 bridgehead atoms. The zero-order valence-corrected chi connectivity index (χ0v) is 17.4. The summed E-state index contributed by atoms with van der Waals surface area (Å²) in [6.45, 7) is 0. The molecule has 7 nitrogen and oxygen atoms in total. The van der Waals surface area contributed by atoms with Gasteiger partial charge in [-0.15, -0.1) is 0 Å². The summed E-state index contributed by atoms with van der Waals surface area (Å²) in [7, 11) is -2.74. The van der Waals surface area contributed by atoms with E-state index in [1.807, 2.05) is 0 Å². The van der Waals surface area contributed by atoms with Crippen LogP contribution in [0, 0.1) is 0 Å². The van der Waals surface area contributed by atoms with Crippen LogP contribution in [0.15, 0.2) is 82.8 Å². The molecule has 3 aromatic rings. The van der Waals surface area contributed by atoms with Crippen LogP contribution in [0.25, 0.3) is 0 Å². The maximum atomic E-state index is 12.5. The van der Waals surface area contributed by atoms with Crippen molar-refractivity contribution in [1.29, 1.82) is 0 Å². The zero-order chi connectivity index (χ0) is 21.6. The fraction of sp³-hybridized carbons (Fsp3) is 0.0476. The lowest BCUT2D eigenvalue weighted by atomic mass is 10.2. The largest absolute Gasteiger partial charge is 0.493 e. The molecule has 0 atom stereocenters. The number of benzene rings is 3. The Balaban J connectivity index is 1.79. The number of hydrazone groups is 1. The van der Waals surface area contributed by atoms with Gasteiger partial charge in [-0.25, -0.2) is 5.43 Å². The minimum absolute atomic E-state index is 0.00434. The molecule has 0 aliphatic rings. The first-order chi connectivity index (χ1) is 14.4. The average Bonchev–Trinajstić information content (AvgIpc) is 2.76. The van der Waals surface area contributed by atoms with E-state index >= 15 is 0 Å². The van der Waals surface area contributed by atoms with E-state index in [4.69, 9.17) is 20.5 Å². The SMILES string of the molecule is COc1cc(C=NNC(=O)c2ccccc2)cc(Cl)c1OS(=O)(=O)c1ccccc1. The number of nitrogens with zero attached hydrogens (tertiary/aromatic N) is 1. The monoisotopic (exact) mass is 444 g/mol. The van der Waals surface area contributed by atoms with Crippen LogP contribution in [0.3, 0.4) is 0 Å². The molecule has 0 heterocycles. The molecular weight excluding hydrogens is 428 g/mol. The smallest absolute Gasteiger partial charge is 0.339 e. The minimum Gasteiger partial charge on any atom is -0.493 e. The van der Waals surface area contributed by atoms with Crippen LogP contribution in [0.4, 0.5) is 0 Å². The molecule has 0 saturated heterocycles. The minimum atomic E-state index is -4.10. The Morgan fingerprint density at radius 1 is 1.03 bits per heavy atom. The molecular formula is C21H17ClN2O5S. The molecule has 0 fully saturated rings. The molecule has 0 aliphatic heterocycles. The second-order valence-corrected chi connectivity index (χ2v) is 7.90. The highest BCUT2D eigenvalue weighted by Gasteiger charge is 2.21. The summed E-state index contributed by atoms with van der Waals surface area (Å²) >= 11 is 6.23. The highest BCUT2D eigenvalue weighted by Crippen LogP contribution is 2.37. The molecule has 1 amide bonds. The number of halogens is 1. The summed E-state index contributed by atoms with van der Waals surface area (Å²) in [5.74, 6) is -0.426. The number of amides is 1. The number of hydrogen-bond donors (Lipinski definition) is 1. The first-order valence-electron chi connectivity index (χ1n) is 8.66. The van der Waals surface area contributed by atoms with Crippen LogP contribution in [-0.4, -0.2) is 27.6 Å². The average molecular weight is 445 g/mol. The Kier molecular flexibility index (Phi) is 6.71. The number of rotatable bonds is 7. The van der Waals surface area contributed by atoms with Crippen LogP contribution >= 0.6 is 11.6 Å². The Labute approximate surface area is 179 Å². The molecule has 0 aromatic heterocycles. The van der Waals surface area contributed by atoms with E-state index in [-0.39, 0.29) is 27.3 Å². The maximum absolute atomic E-state index is 12.5. The van der Waals surface area contributed by atoms with Crippen molar-refractivity contribution >= 4 is 33.8 Å². The van der Waals surface area contributed by atoms with Crippen LogP contribution in [0.5, 0.6) is 11.5 Å². The number of carbonyl (C=O) groups excluding carboxylic acids is 1. The van der Waals surface area contributed by atoms with Gasteiger partial charge in [0.05, 0.1) is 18.3 Å². The molecule has 30 heavy (non-hydrogen) atoms.